The molecule has 5 rings (SSSR count). The van der Waals surface area contributed by atoms with Gasteiger partial charge in [0.1, 0.15) is 0 Å². The van der Waals surface area contributed by atoms with Gasteiger partial charge in [0.15, 0.2) is 5.78 Å². The molecule has 2 heterocycles. The molecular formula is C22H19N3O5. The predicted octanol–water partition coefficient (Wildman–Crippen LogP) is 2.67. The number of morpholine rings is 1. The molecule has 152 valence electrons. The number of ether oxygens (including phenoxy) is 1. The first-order valence-corrected chi connectivity index (χ1v) is 9.82. The molecule has 30 heavy (non-hydrogen) atoms. The Morgan fingerprint density at radius 2 is 1.93 bits per heavy atom. The number of hydrogen-bond acceptors (Lipinski definition) is 6. The van der Waals surface area contributed by atoms with Gasteiger partial charge in [-0.3, -0.25) is 19.7 Å². The van der Waals surface area contributed by atoms with Crippen LogP contribution < -0.4 is 10.9 Å². The summed E-state index contributed by atoms with van der Waals surface area (Å²) in [5.74, 6) is -0.178. The number of non-ortho nitro benzene ring substituents is 1. The molecule has 8 nitrogen and oxygen atoms in total. The summed E-state index contributed by atoms with van der Waals surface area (Å²) in [4.78, 5) is 37.7. The second kappa shape index (κ2) is 6.86. The third-order valence-corrected chi connectivity index (χ3v) is 5.97. The fraction of sp³-hybridized carbons (Fsp3) is 0.273. The van der Waals surface area contributed by atoms with Crippen molar-refractivity contribution in [3.05, 3.63) is 74.1 Å². The summed E-state index contributed by atoms with van der Waals surface area (Å²) in [6.45, 7) is 3.72. The van der Waals surface area contributed by atoms with Crippen molar-refractivity contribution in [3.8, 4) is 11.3 Å². The van der Waals surface area contributed by atoms with Crippen molar-refractivity contribution in [2.24, 2.45) is 0 Å². The fourth-order valence-corrected chi connectivity index (χ4v) is 4.49. The molecule has 1 aliphatic heterocycles. The number of pyridine rings is 1. The van der Waals surface area contributed by atoms with Crippen LogP contribution in [0.15, 0.2) is 47.3 Å². The topological polar surface area (TPSA) is 103 Å². The van der Waals surface area contributed by atoms with E-state index < -0.39 is 4.92 Å². The third-order valence-electron chi connectivity index (χ3n) is 5.97. The highest BCUT2D eigenvalue weighted by atomic mass is 16.6. The molecule has 1 aliphatic carbocycles. The number of nitrogens with one attached hydrogen (secondary N) is 1. The molecule has 8 heteroatoms. The quantitative estimate of drug-likeness (QED) is 0.415. The van der Waals surface area contributed by atoms with Crippen molar-refractivity contribution < 1.29 is 14.5 Å². The van der Waals surface area contributed by atoms with Crippen molar-refractivity contribution in [3.63, 3.8) is 0 Å². The molecule has 2 aromatic carbocycles. The van der Waals surface area contributed by atoms with Gasteiger partial charge in [0.05, 0.1) is 40.3 Å². The van der Waals surface area contributed by atoms with Crippen LogP contribution in [-0.4, -0.2) is 41.1 Å². The Balaban J connectivity index is 1.86. The summed E-state index contributed by atoms with van der Waals surface area (Å²) in [7, 11) is 0. The summed E-state index contributed by atoms with van der Waals surface area (Å²) in [5.41, 5.74) is 1.66. The van der Waals surface area contributed by atoms with Crippen molar-refractivity contribution in [2.75, 3.05) is 19.7 Å². The van der Waals surface area contributed by atoms with Crippen LogP contribution >= 0.6 is 0 Å². The summed E-state index contributed by atoms with van der Waals surface area (Å²) in [6, 6.07) is 10.9. The number of carbonyl (C=O) groups is 1. The van der Waals surface area contributed by atoms with Gasteiger partial charge in [-0.2, -0.15) is 0 Å². The number of fused-ring (bicyclic) bond motifs is 5. The van der Waals surface area contributed by atoms with Crippen molar-refractivity contribution in [2.45, 2.75) is 19.1 Å². The number of rotatable bonds is 3. The number of ketones is 1. The highest BCUT2D eigenvalue weighted by Gasteiger charge is 2.36. The van der Waals surface area contributed by atoms with Crippen LogP contribution in [0.1, 0.15) is 28.9 Å². The zero-order valence-electron chi connectivity index (χ0n) is 16.3. The van der Waals surface area contributed by atoms with Crippen molar-refractivity contribution >= 4 is 22.2 Å². The molecule has 2 atom stereocenters. The highest BCUT2D eigenvalue weighted by Crippen LogP contribution is 2.41. The van der Waals surface area contributed by atoms with Crippen LogP contribution in [0.2, 0.25) is 0 Å². The van der Waals surface area contributed by atoms with Gasteiger partial charge in [-0.1, -0.05) is 24.3 Å². The van der Waals surface area contributed by atoms with Gasteiger partial charge in [0, 0.05) is 41.7 Å². The van der Waals surface area contributed by atoms with Gasteiger partial charge in [-0.15, -0.1) is 0 Å². The molecule has 1 fully saturated rings. The Morgan fingerprint density at radius 3 is 2.63 bits per heavy atom. The van der Waals surface area contributed by atoms with Crippen LogP contribution in [0.25, 0.3) is 22.0 Å². The lowest BCUT2D eigenvalue weighted by atomic mass is 10.0. The summed E-state index contributed by atoms with van der Waals surface area (Å²) < 4.78 is 7.47. The molecule has 2 aliphatic rings. The minimum absolute atomic E-state index is 0.166. The second-order valence-electron chi connectivity index (χ2n) is 7.61. The van der Waals surface area contributed by atoms with Gasteiger partial charge in [-0.05, 0) is 13.0 Å². The predicted molar refractivity (Wildman–Crippen MR) is 111 cm³/mol. The monoisotopic (exact) mass is 405 g/mol. The van der Waals surface area contributed by atoms with E-state index in [0.717, 1.165) is 6.54 Å². The van der Waals surface area contributed by atoms with Gasteiger partial charge < -0.3 is 14.6 Å². The Labute approximate surface area is 171 Å². The molecule has 0 saturated carbocycles. The van der Waals surface area contributed by atoms with E-state index in [-0.39, 0.29) is 34.6 Å². The smallest absolute Gasteiger partial charge is 0.270 e. The van der Waals surface area contributed by atoms with E-state index in [0.29, 0.717) is 40.9 Å². The van der Waals surface area contributed by atoms with Gasteiger partial charge in [0.2, 0.25) is 0 Å². The normalized spacial score (nSPS) is 18.8. The average molecular weight is 405 g/mol. The maximum atomic E-state index is 13.6. The molecule has 0 bridgehead atoms. The van der Waals surface area contributed by atoms with E-state index in [2.05, 4.69) is 5.32 Å². The van der Waals surface area contributed by atoms with E-state index in [9.17, 15) is 19.7 Å². The molecular weight excluding hydrogens is 386 g/mol. The van der Waals surface area contributed by atoms with Crippen LogP contribution in [0.4, 0.5) is 5.69 Å². The van der Waals surface area contributed by atoms with E-state index in [4.69, 9.17) is 4.74 Å². The SMILES string of the molecule is CC(C1CNCCO1)n1c2c(c3ccc([N+](=O)[O-])cc3c1=O)C(=O)c1ccccc1-2. The third kappa shape index (κ3) is 2.61. The number of benzene rings is 2. The van der Waals surface area contributed by atoms with Crippen molar-refractivity contribution in [1.82, 2.24) is 9.88 Å². The molecule has 3 aromatic rings. The van der Waals surface area contributed by atoms with Crippen LogP contribution in [0.5, 0.6) is 0 Å². The number of hydrogen-bond donors (Lipinski definition) is 1. The zero-order valence-corrected chi connectivity index (χ0v) is 16.3. The van der Waals surface area contributed by atoms with Gasteiger partial charge in [-0.25, -0.2) is 0 Å². The summed E-state index contributed by atoms with van der Waals surface area (Å²) in [5, 5.41) is 15.2. The lowest BCUT2D eigenvalue weighted by Crippen LogP contribution is -2.44. The number of aromatic nitrogens is 1. The van der Waals surface area contributed by atoms with E-state index in [1.165, 1.54) is 18.2 Å². The first-order valence-electron chi connectivity index (χ1n) is 9.82. The molecule has 0 radical (unpaired) electrons. The van der Waals surface area contributed by atoms with Gasteiger partial charge in [0.25, 0.3) is 11.2 Å². The molecule has 1 N–H and O–H groups in total. The first-order chi connectivity index (χ1) is 14.5. The second-order valence-corrected chi connectivity index (χ2v) is 7.61. The van der Waals surface area contributed by atoms with Gasteiger partial charge >= 0.3 is 0 Å². The number of carbonyl (C=O) groups excluding carboxylic acids is 1. The number of nitro benzene ring substituents is 1. The zero-order chi connectivity index (χ0) is 21.0. The molecule has 0 amide bonds. The minimum Gasteiger partial charge on any atom is -0.373 e. The highest BCUT2D eigenvalue weighted by molar-refractivity contribution is 6.26. The Bertz CT molecular complexity index is 1270. The van der Waals surface area contributed by atoms with E-state index >= 15 is 0 Å². The van der Waals surface area contributed by atoms with E-state index in [1.807, 2.05) is 19.1 Å². The lowest BCUT2D eigenvalue weighted by Gasteiger charge is -2.31. The number of nitro groups is 1. The van der Waals surface area contributed by atoms with E-state index in [1.54, 1.807) is 16.7 Å². The van der Waals surface area contributed by atoms with Crippen LogP contribution in [0, 0.1) is 10.1 Å². The molecule has 2 unspecified atom stereocenters. The lowest BCUT2D eigenvalue weighted by molar-refractivity contribution is -0.384. The summed E-state index contributed by atoms with van der Waals surface area (Å²) >= 11 is 0. The Kier molecular flexibility index (Phi) is 4.27. The average Bonchev–Trinajstić information content (AvgIpc) is 3.07. The minimum atomic E-state index is -0.537. The van der Waals surface area contributed by atoms with Crippen LogP contribution in [-0.2, 0) is 4.74 Å². The maximum absolute atomic E-state index is 13.6. The standard InChI is InChI=1S/C22H19N3O5/c1-12(18-11-23-8-9-30-18)24-20-15-4-2-3-5-16(15)21(26)19(20)14-7-6-13(25(28)29)10-17(14)22(24)27/h2-7,10,12,18,23H,8-9,11H2,1H3. The first kappa shape index (κ1) is 18.7. The molecule has 1 saturated heterocycles. The fourth-order valence-electron chi connectivity index (χ4n) is 4.49. The van der Waals surface area contributed by atoms with Crippen molar-refractivity contribution in [1.29, 1.82) is 0 Å². The molecule has 0 spiro atoms. The Morgan fingerprint density at radius 1 is 1.17 bits per heavy atom. The molecule has 1 aromatic heterocycles. The summed E-state index contributed by atoms with van der Waals surface area (Å²) in [6.07, 6.45) is -0.264. The largest absolute Gasteiger partial charge is 0.373 e. The maximum Gasteiger partial charge on any atom is 0.270 e. The Hall–Kier alpha value is -3.36. The number of nitrogens with zero attached hydrogens (tertiary/aromatic N) is 2. The van der Waals surface area contributed by atoms with Crippen LogP contribution in [0.3, 0.4) is 0 Å².